The van der Waals surface area contributed by atoms with Gasteiger partial charge in [-0.2, -0.15) is 25.0 Å². The predicted molar refractivity (Wildman–Crippen MR) is 382 cm³/mol. The van der Waals surface area contributed by atoms with Crippen LogP contribution in [0.3, 0.4) is 0 Å². The van der Waals surface area contributed by atoms with Crippen LogP contribution in [-0.4, -0.2) is 206 Å². The Labute approximate surface area is 928 Å². The quantitative estimate of drug-likeness (QED) is 0.157. The van der Waals surface area contributed by atoms with Crippen LogP contribution in [0.2, 0.25) is 63.5 Å². The number of hydrogen-bond acceptors (Lipinski definition) is 4. The second-order valence-corrected chi connectivity index (χ2v) is 65.6. The third-order valence-corrected chi connectivity index (χ3v) is 7.13. The summed E-state index contributed by atoms with van der Waals surface area (Å²) in [6, 6.07) is 5.70. The first kappa shape index (κ1) is 304. The number of halogens is 32. The van der Waals surface area contributed by atoms with Gasteiger partial charge in [0, 0.05) is 36.6 Å². The van der Waals surface area contributed by atoms with Gasteiger partial charge in [0.25, 0.3) is 0 Å². The maximum absolute atomic E-state index is 4.97. The minimum atomic E-state index is -2.72. The molecule has 0 heterocycles. The van der Waals surface area contributed by atoms with E-state index < -0.39 is 29.3 Å². The van der Waals surface area contributed by atoms with Crippen molar-refractivity contribution in [2.24, 2.45) is 0 Å². The van der Waals surface area contributed by atoms with Gasteiger partial charge in [-0.25, -0.2) is 0 Å². The summed E-state index contributed by atoms with van der Waals surface area (Å²) in [5, 5.41) is -10.9. The zero-order valence-electron chi connectivity index (χ0n) is 55.6. The Morgan fingerprint density at radius 3 is 0.378 bits per heavy atom. The van der Waals surface area contributed by atoms with Crippen LogP contribution < -0.4 is 326 Å². The van der Waals surface area contributed by atoms with E-state index in [-0.39, 0.29) is 434 Å². The Kier molecular flexibility index (Phi) is 1090. The molecule has 0 amide bonds. The van der Waals surface area contributed by atoms with Gasteiger partial charge in [0.15, 0.2) is 0 Å². The molecule has 0 aromatic rings. The average molecular weight is 1910 g/mol. The summed E-state index contributed by atoms with van der Waals surface area (Å²) in [5.74, 6) is 0. The summed E-state index contributed by atoms with van der Waals surface area (Å²) in [6.45, 7) is 23.1. The van der Waals surface area contributed by atoms with Gasteiger partial charge in [0.05, 0.1) is 0 Å². The maximum atomic E-state index is 4.97. The molecule has 0 aliphatic rings. The van der Waals surface area contributed by atoms with Gasteiger partial charge in [0.2, 0.25) is 0 Å². The Morgan fingerprint density at radius 2 is 0.378 bits per heavy atom. The van der Waals surface area contributed by atoms with E-state index in [1.165, 1.54) is 34.4 Å². The van der Waals surface area contributed by atoms with Crippen LogP contribution in [0.4, 0.5) is 0 Å². The van der Waals surface area contributed by atoms with Crippen LogP contribution in [0.1, 0.15) is 27.7 Å². The molecule has 0 rings (SSSR count). The van der Waals surface area contributed by atoms with Crippen LogP contribution in [0.5, 0.6) is 0 Å². The second-order valence-electron chi connectivity index (χ2n) is 8.14. The molecule has 0 saturated carbocycles. The van der Waals surface area contributed by atoms with Crippen LogP contribution >= 0.6 is 277 Å². The molecule has 0 fully saturated rings. The molecule has 0 N–H and O–H groups in total. The van der Waals surface area contributed by atoms with Crippen molar-refractivity contribution in [2.45, 2.75) is 91.2 Å². The molecule has 436 valence electrons. The zero-order valence-corrected chi connectivity index (χ0v) is 93.1. The third kappa shape index (κ3) is 1210. The summed E-state index contributed by atoms with van der Waals surface area (Å²) in [7, 11) is 1.01. The van der Waals surface area contributed by atoms with Gasteiger partial charge in [0.1, 0.15) is 0 Å². The van der Waals surface area contributed by atoms with Crippen molar-refractivity contribution in [1.29, 1.82) is 0 Å². The summed E-state index contributed by atoms with van der Waals surface area (Å²) in [6.07, 6.45) is 6.33. The van der Waals surface area contributed by atoms with Crippen molar-refractivity contribution in [1.82, 2.24) is 0 Å². The minimum absolute atomic E-state index is 0. The molecule has 82 heavy (non-hydrogen) atoms. The standard InChI is InChI=1S/C5H14Si.C4H12Si.C3H10Si.C2H8Si.4CH4S.4Cl4Si.16ClH.20Li/c1-5-6(2,3)4;1-4-5(2)3;1-3-4-2;1-2-3;4*1-2;4*1-5(2,3)4;;;;;;;;;;;;;;;;;;;;;;;;;;;;;;;;;;;;/h5H2,1-4H3;5H,4H2,1-3H3;3-4H2,1-2H3;2H2,1,3H3;4*2H,1H3;;;;;16*1H;;;;;;;;;;;;;;;;;;;;/q;;;;;;;;;;;;;;;;;;;;;;;;;;;;;;;;;;;;12*+1/p-12. The fraction of sp³-hybridized carbons (Fsp3) is 1.00. The van der Waals surface area contributed by atoms with E-state index in [1.54, 1.807) is 25.0 Å². The first-order valence-corrected chi connectivity index (χ1v) is 54.9. The first-order chi connectivity index (χ1) is 24.2. The molecule has 0 radical (unpaired) electrons. The Bertz CT molecular complexity index is 443. The number of rotatable bonds is 3. The van der Waals surface area contributed by atoms with E-state index >= 15 is 0 Å². The first-order valence-electron chi connectivity index (χ1n) is 16.8. The molecule has 0 aliphatic carbocycles. The van der Waals surface area contributed by atoms with Crippen LogP contribution in [0, 0.1) is 0 Å². The molecular weight excluding hydrogens is 1840 g/mol. The monoisotopic (exact) mass is 1890 g/mol. The average Bonchev–Trinajstić information content (AvgIpc) is 3.06. The van der Waals surface area contributed by atoms with Crippen molar-refractivity contribution in [3.05, 3.63) is 0 Å². The van der Waals surface area contributed by atoms with E-state index in [0.29, 0.717) is 9.52 Å². The van der Waals surface area contributed by atoms with Crippen molar-refractivity contribution >= 4 is 508 Å². The van der Waals surface area contributed by atoms with E-state index in [2.05, 4.69) is 117 Å². The number of hydrogen-bond donors (Lipinski definition) is 0. The van der Waals surface area contributed by atoms with Gasteiger partial charge in [-0.15, -0.1) is 277 Å². The van der Waals surface area contributed by atoms with Crippen LogP contribution in [0.15, 0.2) is 0 Å². The van der Waals surface area contributed by atoms with Crippen LogP contribution in [0.25, 0.3) is 0 Å². The summed E-state index contributed by atoms with van der Waals surface area (Å²) >= 11 is 112. The van der Waals surface area contributed by atoms with Gasteiger partial charge in [-0.3, -0.25) is 0 Å². The molecule has 0 bridgehead atoms. The molecule has 0 aromatic carbocycles. The van der Waals surface area contributed by atoms with E-state index in [0.717, 1.165) is 0 Å². The van der Waals surface area contributed by atoms with Gasteiger partial charge < -0.3 is 150 Å². The molecular formula is C18H64Cl32Li20S4Si8. The van der Waals surface area contributed by atoms with Gasteiger partial charge >= 0.3 is 371 Å². The van der Waals surface area contributed by atoms with Crippen molar-refractivity contribution in [2.75, 3.05) is 25.0 Å². The molecule has 64 heteroatoms. The summed E-state index contributed by atoms with van der Waals surface area (Å²) < 4.78 is 0. The predicted octanol–water partition coefficient (Wildman–Crippen LogP) is -45.2. The van der Waals surface area contributed by atoms with E-state index in [4.69, 9.17) is 177 Å². The topological polar surface area (TPSA) is 0 Å². The summed E-state index contributed by atoms with van der Waals surface area (Å²) in [5.41, 5.74) is 0. The molecule has 0 nitrogen and oxygen atoms in total. The van der Waals surface area contributed by atoms with E-state index in [9.17, 15) is 0 Å². The summed E-state index contributed by atoms with van der Waals surface area (Å²) in [4.78, 5) is 0. The molecule has 0 atom stereocenters. The Balaban J connectivity index is -0.00000000443. The van der Waals surface area contributed by atoms with Crippen molar-refractivity contribution in [3.63, 3.8) is 0 Å². The zero-order chi connectivity index (χ0) is 49.6. The Hall–Kier alpha value is 24.4. The van der Waals surface area contributed by atoms with Gasteiger partial charge in [-0.05, 0) is 0 Å². The van der Waals surface area contributed by atoms with Gasteiger partial charge in [-0.1, -0.05) is 91.2 Å². The molecule has 0 saturated heterocycles. The normalized spacial score (nSPS) is 5.84. The second kappa shape index (κ2) is 295. The SMILES string of the molecule is CC[SiH2]C.CC[SiH3].CC[SiH](C)C.CC[Si](C)(C)C.C[S-].C[S-].C[S-].C[S-].Cl.Cl.Cl.Cl.Cl.Cl.Cl.Cl.Cl[Si](Cl)(Cl)Cl.Cl[Si](Cl)(Cl)Cl.Cl[Si](Cl)(Cl)Cl.Cl[Si](Cl)(Cl)Cl.[Cl-].[Cl-].[Cl-].[Cl-].[Cl-].[Cl-].[Cl-].[Cl-].[Li+].[Li+].[Li+].[Li+].[Li+].[Li+].[Li+].[Li+].[Li+].[Li+].[Li+].[Li+].[Li][Li].[Li][Li].[Li][Li].[Li][Li]. The van der Waals surface area contributed by atoms with Crippen molar-refractivity contribution in [3.8, 4) is 0 Å². The fourth-order valence-electron chi connectivity index (χ4n) is 0. The van der Waals surface area contributed by atoms with Crippen LogP contribution in [-0.2, 0) is 50.5 Å². The molecule has 0 unspecified atom stereocenters. The van der Waals surface area contributed by atoms with Crippen molar-refractivity contribution < 1.29 is 326 Å². The molecule has 0 aromatic heterocycles. The fourth-order valence-corrected chi connectivity index (χ4v) is 0. The third-order valence-electron chi connectivity index (χ3n) is 2.38. The van der Waals surface area contributed by atoms with E-state index in [1.807, 2.05) is 123 Å². The molecule has 0 aliphatic heterocycles. The molecule has 0 spiro atoms. The Morgan fingerprint density at radius 1 is 0.341 bits per heavy atom.